The molecule has 0 saturated heterocycles. The number of carbonyl (C=O) groups is 1. The number of carbonyl (C=O) groups excluding carboxylic acids is 1. The van der Waals surface area contributed by atoms with E-state index in [0.29, 0.717) is 0 Å². The van der Waals surface area contributed by atoms with Gasteiger partial charge < -0.3 is 4.74 Å². The molecule has 4 nitrogen and oxygen atoms in total. The van der Waals surface area contributed by atoms with Crippen LogP contribution in [-0.4, -0.2) is 13.0 Å². The monoisotopic (exact) mass is 248 g/mol. The first-order chi connectivity index (χ1) is 8.67. The van der Waals surface area contributed by atoms with Gasteiger partial charge in [-0.3, -0.25) is 10.2 Å². The standard InChI is InChI=1S/C14H20N2O2/c1-3-10-9-11(5-6-12(10)18-2)14(7-4-8-14)13(17)16-15/h5-6,9H,3-4,7-8,15H2,1-2H3,(H,16,17). The Balaban J connectivity index is 2.41. The first kappa shape index (κ1) is 12.9. The van der Waals surface area contributed by atoms with Gasteiger partial charge in [-0.15, -0.1) is 0 Å². The number of benzene rings is 1. The fraction of sp³-hybridized carbons (Fsp3) is 0.500. The molecule has 0 atom stereocenters. The number of hydrogen-bond acceptors (Lipinski definition) is 3. The van der Waals surface area contributed by atoms with E-state index < -0.39 is 5.41 Å². The molecule has 1 saturated carbocycles. The van der Waals surface area contributed by atoms with Crippen molar-refractivity contribution in [3.05, 3.63) is 29.3 Å². The van der Waals surface area contributed by atoms with Gasteiger partial charge in [-0.25, -0.2) is 5.84 Å². The second-order valence-corrected chi connectivity index (χ2v) is 4.79. The van der Waals surface area contributed by atoms with Crippen molar-refractivity contribution >= 4 is 5.91 Å². The molecule has 0 spiro atoms. The zero-order valence-electron chi connectivity index (χ0n) is 11.0. The Hall–Kier alpha value is -1.55. The zero-order valence-corrected chi connectivity index (χ0v) is 11.0. The molecule has 1 aliphatic carbocycles. The van der Waals surface area contributed by atoms with Crippen molar-refractivity contribution in [2.45, 2.75) is 38.0 Å². The van der Waals surface area contributed by atoms with Crippen LogP contribution in [0.1, 0.15) is 37.3 Å². The number of aryl methyl sites for hydroxylation is 1. The maximum absolute atomic E-state index is 12.0. The molecule has 0 aliphatic heterocycles. The molecule has 1 aliphatic rings. The fourth-order valence-corrected chi connectivity index (χ4v) is 2.67. The first-order valence-corrected chi connectivity index (χ1v) is 6.36. The van der Waals surface area contributed by atoms with Crippen LogP contribution in [0.2, 0.25) is 0 Å². The predicted octanol–water partition coefficient (Wildman–Crippen LogP) is 1.67. The van der Waals surface area contributed by atoms with E-state index in [9.17, 15) is 4.79 Å². The lowest BCUT2D eigenvalue weighted by Crippen LogP contribution is -2.51. The lowest BCUT2D eigenvalue weighted by molar-refractivity contribution is -0.130. The minimum Gasteiger partial charge on any atom is -0.496 e. The average Bonchev–Trinajstić information content (AvgIpc) is 2.36. The number of amides is 1. The Bertz CT molecular complexity index is 453. The summed E-state index contributed by atoms with van der Waals surface area (Å²) in [4.78, 5) is 12.0. The second kappa shape index (κ2) is 4.98. The fourth-order valence-electron chi connectivity index (χ4n) is 2.67. The average molecular weight is 248 g/mol. The lowest BCUT2D eigenvalue weighted by atomic mass is 9.63. The van der Waals surface area contributed by atoms with E-state index >= 15 is 0 Å². The van der Waals surface area contributed by atoms with Gasteiger partial charge in [0.15, 0.2) is 0 Å². The van der Waals surface area contributed by atoms with Crippen molar-refractivity contribution < 1.29 is 9.53 Å². The smallest absolute Gasteiger partial charge is 0.244 e. The minimum atomic E-state index is -0.426. The molecule has 2 rings (SSSR count). The number of nitrogens with two attached hydrogens (primary N) is 1. The van der Waals surface area contributed by atoms with E-state index in [2.05, 4.69) is 18.4 Å². The molecule has 1 aromatic rings. The van der Waals surface area contributed by atoms with Crippen LogP contribution in [0.15, 0.2) is 18.2 Å². The third-order valence-electron chi connectivity index (χ3n) is 3.99. The van der Waals surface area contributed by atoms with Crippen molar-refractivity contribution in [2.24, 2.45) is 5.84 Å². The highest BCUT2D eigenvalue weighted by Crippen LogP contribution is 2.44. The molecular weight excluding hydrogens is 228 g/mol. The Morgan fingerprint density at radius 3 is 2.67 bits per heavy atom. The van der Waals surface area contributed by atoms with Crippen LogP contribution in [-0.2, 0) is 16.6 Å². The Kier molecular flexibility index (Phi) is 3.57. The maximum atomic E-state index is 12.0. The number of rotatable bonds is 4. The number of hydrazine groups is 1. The van der Waals surface area contributed by atoms with Crippen molar-refractivity contribution in [1.29, 1.82) is 0 Å². The summed E-state index contributed by atoms with van der Waals surface area (Å²) in [5.41, 5.74) is 4.06. The zero-order chi connectivity index (χ0) is 13.2. The normalized spacial score (nSPS) is 16.8. The van der Waals surface area contributed by atoms with Crippen LogP contribution in [0.5, 0.6) is 5.75 Å². The summed E-state index contributed by atoms with van der Waals surface area (Å²) in [6.07, 6.45) is 3.69. The van der Waals surface area contributed by atoms with Crippen LogP contribution in [0.4, 0.5) is 0 Å². The summed E-state index contributed by atoms with van der Waals surface area (Å²) in [7, 11) is 1.67. The Morgan fingerprint density at radius 2 is 2.22 bits per heavy atom. The van der Waals surface area contributed by atoms with E-state index in [-0.39, 0.29) is 5.91 Å². The second-order valence-electron chi connectivity index (χ2n) is 4.79. The van der Waals surface area contributed by atoms with E-state index in [0.717, 1.165) is 42.6 Å². The highest BCUT2D eigenvalue weighted by atomic mass is 16.5. The Morgan fingerprint density at radius 1 is 1.50 bits per heavy atom. The predicted molar refractivity (Wildman–Crippen MR) is 70.2 cm³/mol. The van der Waals surface area contributed by atoms with Gasteiger partial charge in [0, 0.05) is 0 Å². The highest BCUT2D eigenvalue weighted by Gasteiger charge is 2.45. The molecule has 1 aromatic carbocycles. The summed E-state index contributed by atoms with van der Waals surface area (Å²) < 4.78 is 5.32. The van der Waals surface area contributed by atoms with Crippen molar-refractivity contribution in [2.75, 3.05) is 7.11 Å². The van der Waals surface area contributed by atoms with E-state index in [1.165, 1.54) is 0 Å². The number of ether oxygens (including phenoxy) is 1. The maximum Gasteiger partial charge on any atom is 0.244 e. The van der Waals surface area contributed by atoms with Crippen molar-refractivity contribution in [1.82, 2.24) is 5.43 Å². The minimum absolute atomic E-state index is 0.0824. The van der Waals surface area contributed by atoms with Crippen LogP contribution in [0, 0.1) is 0 Å². The van der Waals surface area contributed by atoms with Gasteiger partial charge in [-0.1, -0.05) is 25.5 Å². The molecule has 3 N–H and O–H groups in total. The summed E-state index contributed by atoms with van der Waals surface area (Å²) in [6.45, 7) is 2.08. The largest absolute Gasteiger partial charge is 0.496 e. The van der Waals surface area contributed by atoms with Crippen LogP contribution in [0.3, 0.4) is 0 Å². The third kappa shape index (κ3) is 1.86. The molecule has 0 radical (unpaired) electrons. The van der Waals surface area contributed by atoms with E-state index in [1.54, 1.807) is 7.11 Å². The van der Waals surface area contributed by atoms with Gasteiger partial charge in [0.2, 0.25) is 5.91 Å². The van der Waals surface area contributed by atoms with Crippen molar-refractivity contribution in [3.63, 3.8) is 0 Å². The summed E-state index contributed by atoms with van der Waals surface area (Å²) >= 11 is 0. The summed E-state index contributed by atoms with van der Waals surface area (Å²) in [6, 6.07) is 6.00. The van der Waals surface area contributed by atoms with E-state index in [4.69, 9.17) is 10.6 Å². The first-order valence-electron chi connectivity index (χ1n) is 6.36. The quantitative estimate of drug-likeness (QED) is 0.484. The van der Waals surface area contributed by atoms with Crippen molar-refractivity contribution in [3.8, 4) is 5.75 Å². The van der Waals surface area contributed by atoms with Crippen LogP contribution < -0.4 is 16.0 Å². The molecule has 0 aromatic heterocycles. The molecule has 98 valence electrons. The number of methoxy groups -OCH3 is 1. The summed E-state index contributed by atoms with van der Waals surface area (Å²) in [5, 5.41) is 0. The molecule has 18 heavy (non-hydrogen) atoms. The van der Waals surface area contributed by atoms with Gasteiger partial charge in [-0.05, 0) is 36.5 Å². The SMILES string of the molecule is CCc1cc(C2(C(=O)NN)CCC2)ccc1OC. The molecule has 0 heterocycles. The molecule has 1 amide bonds. The van der Waals surface area contributed by atoms with Gasteiger partial charge in [0.05, 0.1) is 12.5 Å². The van der Waals surface area contributed by atoms with Gasteiger partial charge in [0.1, 0.15) is 5.75 Å². The topological polar surface area (TPSA) is 64.4 Å². The summed E-state index contributed by atoms with van der Waals surface area (Å²) in [5.74, 6) is 6.10. The van der Waals surface area contributed by atoms with Gasteiger partial charge >= 0.3 is 0 Å². The molecule has 1 fully saturated rings. The lowest BCUT2D eigenvalue weighted by Gasteiger charge is -2.40. The van der Waals surface area contributed by atoms with Gasteiger partial charge in [0.25, 0.3) is 0 Å². The molecule has 0 unspecified atom stereocenters. The number of hydrogen-bond donors (Lipinski definition) is 2. The molecule has 4 heteroatoms. The Labute approximate surface area is 107 Å². The highest BCUT2D eigenvalue weighted by molar-refractivity contribution is 5.88. The third-order valence-corrected chi connectivity index (χ3v) is 3.99. The van der Waals surface area contributed by atoms with Crippen LogP contribution >= 0.6 is 0 Å². The van der Waals surface area contributed by atoms with Crippen LogP contribution in [0.25, 0.3) is 0 Å². The van der Waals surface area contributed by atoms with Gasteiger partial charge in [-0.2, -0.15) is 0 Å². The van der Waals surface area contributed by atoms with E-state index in [1.807, 2.05) is 12.1 Å². The molecule has 0 bridgehead atoms. The molecular formula is C14H20N2O2. The number of nitrogens with one attached hydrogen (secondary N) is 1.